The van der Waals surface area contributed by atoms with Crippen LogP contribution in [-0.4, -0.2) is 30.9 Å². The lowest BCUT2D eigenvalue weighted by Crippen LogP contribution is -2.14. The minimum Gasteiger partial charge on any atom is -0.493 e. The number of methoxy groups -OCH3 is 2. The standard InChI is InChI=1S/C17H16N2O4S/c1-21-14-8-7-11(9-15(14)22-2)18-16(20)10-24-17-19-12-5-3-4-6-13(12)23-17/h3-9H,10H2,1-2H3,(H,18,20). The predicted molar refractivity (Wildman–Crippen MR) is 92.9 cm³/mol. The van der Waals surface area contributed by atoms with E-state index in [1.165, 1.54) is 11.8 Å². The molecule has 3 aromatic rings. The van der Waals surface area contributed by atoms with Gasteiger partial charge in [-0.2, -0.15) is 0 Å². The Hall–Kier alpha value is -2.67. The third kappa shape index (κ3) is 3.62. The van der Waals surface area contributed by atoms with Gasteiger partial charge >= 0.3 is 0 Å². The largest absolute Gasteiger partial charge is 0.493 e. The Kier molecular flexibility index (Phi) is 4.90. The molecule has 0 fully saturated rings. The number of thioether (sulfide) groups is 1. The average molecular weight is 344 g/mol. The first-order chi connectivity index (χ1) is 11.7. The van der Waals surface area contributed by atoms with E-state index >= 15 is 0 Å². The third-order valence-electron chi connectivity index (χ3n) is 3.27. The molecule has 7 heteroatoms. The molecule has 2 aromatic carbocycles. The van der Waals surface area contributed by atoms with Gasteiger partial charge in [-0.1, -0.05) is 23.9 Å². The molecule has 6 nitrogen and oxygen atoms in total. The van der Waals surface area contributed by atoms with Gasteiger partial charge in [0.2, 0.25) is 5.91 Å². The summed E-state index contributed by atoms with van der Waals surface area (Å²) in [4.78, 5) is 16.4. The number of anilines is 1. The summed E-state index contributed by atoms with van der Waals surface area (Å²) in [6.07, 6.45) is 0. The van der Waals surface area contributed by atoms with Gasteiger partial charge in [0.1, 0.15) is 5.52 Å². The van der Waals surface area contributed by atoms with Crippen LogP contribution >= 0.6 is 11.8 Å². The monoisotopic (exact) mass is 344 g/mol. The fourth-order valence-electron chi connectivity index (χ4n) is 2.15. The maximum atomic E-state index is 12.1. The molecule has 0 unspecified atom stereocenters. The molecular weight excluding hydrogens is 328 g/mol. The lowest BCUT2D eigenvalue weighted by molar-refractivity contribution is -0.113. The molecule has 0 spiro atoms. The zero-order valence-electron chi connectivity index (χ0n) is 13.2. The molecule has 1 heterocycles. The molecule has 124 valence electrons. The van der Waals surface area contributed by atoms with Gasteiger partial charge in [-0.25, -0.2) is 4.98 Å². The molecule has 0 aliphatic rings. The number of carbonyl (C=O) groups excluding carboxylic acids is 1. The van der Waals surface area contributed by atoms with Gasteiger partial charge in [-0.3, -0.25) is 4.79 Å². The van der Waals surface area contributed by atoms with Crippen molar-refractivity contribution in [3.63, 3.8) is 0 Å². The summed E-state index contributed by atoms with van der Waals surface area (Å²) in [5.74, 6) is 1.20. The number of nitrogens with one attached hydrogen (secondary N) is 1. The molecule has 0 saturated heterocycles. The van der Waals surface area contributed by atoms with Crippen molar-refractivity contribution in [3.8, 4) is 11.5 Å². The van der Waals surface area contributed by atoms with Crippen molar-refractivity contribution < 1.29 is 18.7 Å². The SMILES string of the molecule is COc1ccc(NC(=O)CSc2nc3ccccc3o2)cc1OC. The molecule has 1 amide bonds. The van der Waals surface area contributed by atoms with Crippen molar-refractivity contribution in [2.24, 2.45) is 0 Å². The highest BCUT2D eigenvalue weighted by atomic mass is 32.2. The number of nitrogens with zero attached hydrogens (tertiary/aromatic N) is 1. The van der Waals surface area contributed by atoms with E-state index in [0.717, 1.165) is 5.52 Å². The minimum atomic E-state index is -0.158. The van der Waals surface area contributed by atoms with Gasteiger partial charge in [-0.05, 0) is 24.3 Å². The van der Waals surface area contributed by atoms with Crippen molar-refractivity contribution in [1.82, 2.24) is 4.98 Å². The second-order valence-electron chi connectivity index (χ2n) is 4.85. The minimum absolute atomic E-state index is 0.158. The quantitative estimate of drug-likeness (QED) is 0.689. The molecular formula is C17H16N2O4S. The Labute approximate surface area is 143 Å². The van der Waals surface area contributed by atoms with Crippen LogP contribution in [0.2, 0.25) is 0 Å². The van der Waals surface area contributed by atoms with Gasteiger partial charge in [-0.15, -0.1) is 0 Å². The summed E-state index contributed by atoms with van der Waals surface area (Å²) in [7, 11) is 3.11. The molecule has 0 bridgehead atoms. The number of carbonyl (C=O) groups is 1. The van der Waals surface area contributed by atoms with Crippen molar-refractivity contribution in [2.45, 2.75) is 5.22 Å². The molecule has 1 N–H and O–H groups in total. The lowest BCUT2D eigenvalue weighted by atomic mass is 10.2. The Balaban J connectivity index is 1.61. The first kappa shape index (κ1) is 16.2. The van der Waals surface area contributed by atoms with E-state index < -0.39 is 0 Å². The van der Waals surface area contributed by atoms with Crippen LogP contribution in [-0.2, 0) is 4.79 Å². The highest BCUT2D eigenvalue weighted by Crippen LogP contribution is 2.30. The first-order valence-electron chi connectivity index (χ1n) is 7.20. The number of ether oxygens (including phenoxy) is 2. The van der Waals surface area contributed by atoms with Crippen LogP contribution in [0.3, 0.4) is 0 Å². The summed E-state index contributed by atoms with van der Waals surface area (Å²) in [5, 5.41) is 3.28. The molecule has 0 atom stereocenters. The van der Waals surface area contributed by atoms with E-state index in [2.05, 4.69) is 10.3 Å². The maximum Gasteiger partial charge on any atom is 0.257 e. The molecule has 0 radical (unpaired) electrons. The zero-order valence-corrected chi connectivity index (χ0v) is 14.1. The normalized spacial score (nSPS) is 10.6. The van der Waals surface area contributed by atoms with Gasteiger partial charge in [0, 0.05) is 11.8 Å². The topological polar surface area (TPSA) is 73.6 Å². The predicted octanol–water partition coefficient (Wildman–Crippen LogP) is 3.58. The summed E-state index contributed by atoms with van der Waals surface area (Å²) in [5.41, 5.74) is 2.12. The van der Waals surface area contributed by atoms with Crippen LogP contribution in [0.5, 0.6) is 11.5 Å². The number of amides is 1. The van der Waals surface area contributed by atoms with Crippen molar-refractivity contribution in [3.05, 3.63) is 42.5 Å². The Bertz CT molecular complexity index is 830. The molecule has 3 rings (SSSR count). The van der Waals surface area contributed by atoms with Crippen LogP contribution in [0.1, 0.15) is 0 Å². The third-order valence-corrected chi connectivity index (χ3v) is 4.10. The molecule has 0 aliphatic carbocycles. The smallest absolute Gasteiger partial charge is 0.257 e. The molecule has 0 saturated carbocycles. The van der Waals surface area contributed by atoms with Gasteiger partial charge in [0.15, 0.2) is 17.1 Å². The van der Waals surface area contributed by atoms with Crippen LogP contribution < -0.4 is 14.8 Å². The number of para-hydroxylation sites is 2. The van der Waals surface area contributed by atoms with Crippen LogP contribution in [0, 0.1) is 0 Å². The highest BCUT2D eigenvalue weighted by molar-refractivity contribution is 7.99. The number of hydrogen-bond donors (Lipinski definition) is 1. The highest BCUT2D eigenvalue weighted by Gasteiger charge is 2.11. The molecule has 24 heavy (non-hydrogen) atoms. The van der Waals surface area contributed by atoms with Crippen molar-refractivity contribution >= 4 is 34.5 Å². The Morgan fingerprint density at radius 3 is 2.71 bits per heavy atom. The summed E-state index contributed by atoms with van der Waals surface area (Å²) < 4.78 is 16.0. The fraction of sp³-hybridized carbons (Fsp3) is 0.176. The zero-order chi connectivity index (χ0) is 16.9. The summed E-state index contributed by atoms with van der Waals surface area (Å²) in [6, 6.07) is 12.7. The number of hydrogen-bond acceptors (Lipinski definition) is 6. The summed E-state index contributed by atoms with van der Waals surface area (Å²) >= 11 is 1.25. The molecule has 0 aliphatic heterocycles. The van der Waals surface area contributed by atoms with Crippen molar-refractivity contribution in [2.75, 3.05) is 25.3 Å². The molecule has 1 aromatic heterocycles. The fourth-order valence-corrected chi connectivity index (χ4v) is 2.79. The number of benzene rings is 2. The van der Waals surface area contributed by atoms with E-state index in [9.17, 15) is 4.79 Å². The Morgan fingerprint density at radius 2 is 1.96 bits per heavy atom. The summed E-state index contributed by atoms with van der Waals surface area (Å²) in [6.45, 7) is 0. The second kappa shape index (κ2) is 7.27. The second-order valence-corrected chi connectivity index (χ2v) is 5.78. The van der Waals surface area contributed by atoms with E-state index in [1.807, 2.05) is 24.3 Å². The average Bonchev–Trinajstić information content (AvgIpc) is 3.03. The van der Waals surface area contributed by atoms with E-state index in [0.29, 0.717) is 28.0 Å². The van der Waals surface area contributed by atoms with Crippen molar-refractivity contribution in [1.29, 1.82) is 0 Å². The van der Waals surface area contributed by atoms with Crippen LogP contribution in [0.4, 0.5) is 5.69 Å². The number of aromatic nitrogens is 1. The van der Waals surface area contributed by atoms with E-state index in [4.69, 9.17) is 13.9 Å². The lowest BCUT2D eigenvalue weighted by Gasteiger charge is -2.10. The van der Waals surface area contributed by atoms with Gasteiger partial charge in [0.25, 0.3) is 5.22 Å². The number of rotatable bonds is 6. The van der Waals surface area contributed by atoms with Gasteiger partial charge in [0.05, 0.1) is 20.0 Å². The number of oxazole rings is 1. The number of fused-ring (bicyclic) bond motifs is 1. The van der Waals surface area contributed by atoms with Gasteiger partial charge < -0.3 is 19.2 Å². The van der Waals surface area contributed by atoms with Crippen LogP contribution in [0.15, 0.2) is 52.1 Å². The maximum absolute atomic E-state index is 12.1. The van der Waals surface area contributed by atoms with E-state index in [1.54, 1.807) is 32.4 Å². The van der Waals surface area contributed by atoms with E-state index in [-0.39, 0.29) is 11.7 Å². The Morgan fingerprint density at radius 1 is 1.17 bits per heavy atom. The first-order valence-corrected chi connectivity index (χ1v) is 8.18. The van der Waals surface area contributed by atoms with Crippen LogP contribution in [0.25, 0.3) is 11.1 Å².